The lowest BCUT2D eigenvalue weighted by Gasteiger charge is -2.30. The van der Waals surface area contributed by atoms with E-state index in [4.69, 9.17) is 17.3 Å². The Labute approximate surface area is 171 Å². The second-order valence-electron chi connectivity index (χ2n) is 8.51. The van der Waals surface area contributed by atoms with E-state index in [1.165, 1.54) is 12.1 Å². The molecule has 0 aromatic heterocycles. The molecule has 0 aliphatic carbocycles. The first kappa shape index (κ1) is 20.6. The molecule has 2 aromatic carbocycles. The first-order valence-electron chi connectivity index (χ1n) is 9.43. The van der Waals surface area contributed by atoms with Crippen molar-refractivity contribution in [2.75, 3.05) is 6.54 Å². The number of nitrogens with zero attached hydrogens (tertiary/aromatic N) is 1. The van der Waals surface area contributed by atoms with Crippen molar-refractivity contribution in [2.45, 2.75) is 39.3 Å². The lowest BCUT2D eigenvalue weighted by atomic mass is 9.88. The Morgan fingerprint density at radius 2 is 1.93 bits per heavy atom. The Morgan fingerprint density at radius 1 is 1.25 bits per heavy atom. The van der Waals surface area contributed by atoms with E-state index < -0.39 is 6.04 Å². The quantitative estimate of drug-likeness (QED) is 0.765. The van der Waals surface area contributed by atoms with Crippen LogP contribution in [0.3, 0.4) is 0 Å². The third-order valence-corrected chi connectivity index (χ3v) is 5.12. The molecule has 3 rings (SSSR count). The van der Waals surface area contributed by atoms with E-state index in [0.717, 1.165) is 11.1 Å². The van der Waals surface area contributed by atoms with E-state index in [1.54, 1.807) is 11.0 Å². The van der Waals surface area contributed by atoms with E-state index in [1.807, 2.05) is 36.4 Å². The molecule has 1 heterocycles. The van der Waals surface area contributed by atoms with Crippen LogP contribution in [-0.4, -0.2) is 23.4 Å². The standard InChI is InChI=1S/C23H26ClFN2O/c1-23(2,3)13-20(26)22(28)27-14-16(18-12-17(24)9-10-19(18)25)11-21(27)15-7-5-4-6-8-15/h4-12,20-21H,13-14,26H2,1-3H3. The van der Waals surface area contributed by atoms with Crippen molar-refractivity contribution >= 4 is 23.1 Å². The molecule has 1 aliphatic rings. The summed E-state index contributed by atoms with van der Waals surface area (Å²) in [6.07, 6.45) is 2.51. The maximum atomic E-state index is 14.4. The van der Waals surface area contributed by atoms with Crippen LogP contribution in [0.4, 0.5) is 4.39 Å². The number of carbonyl (C=O) groups excluding carboxylic acids is 1. The largest absolute Gasteiger partial charge is 0.326 e. The minimum Gasteiger partial charge on any atom is -0.326 e. The average Bonchev–Trinajstić information content (AvgIpc) is 3.07. The van der Waals surface area contributed by atoms with Gasteiger partial charge in [-0.1, -0.05) is 68.8 Å². The van der Waals surface area contributed by atoms with Crippen molar-refractivity contribution in [1.29, 1.82) is 0 Å². The number of amides is 1. The zero-order valence-electron chi connectivity index (χ0n) is 16.5. The molecule has 2 N–H and O–H groups in total. The van der Waals surface area contributed by atoms with Crippen molar-refractivity contribution in [3.05, 3.63) is 76.6 Å². The van der Waals surface area contributed by atoms with Gasteiger partial charge in [0.05, 0.1) is 12.1 Å². The van der Waals surface area contributed by atoms with Gasteiger partial charge in [0.1, 0.15) is 5.82 Å². The summed E-state index contributed by atoms with van der Waals surface area (Å²) >= 11 is 6.08. The monoisotopic (exact) mass is 400 g/mol. The van der Waals surface area contributed by atoms with Gasteiger partial charge in [-0.05, 0) is 41.2 Å². The van der Waals surface area contributed by atoms with Gasteiger partial charge in [-0.25, -0.2) is 4.39 Å². The summed E-state index contributed by atoms with van der Waals surface area (Å²) in [4.78, 5) is 14.9. The smallest absolute Gasteiger partial charge is 0.240 e. The number of rotatable bonds is 4. The molecule has 3 nitrogen and oxygen atoms in total. The highest BCUT2D eigenvalue weighted by Crippen LogP contribution is 2.37. The van der Waals surface area contributed by atoms with E-state index >= 15 is 0 Å². The number of benzene rings is 2. The average molecular weight is 401 g/mol. The molecule has 0 fully saturated rings. The highest BCUT2D eigenvalue weighted by atomic mass is 35.5. The van der Waals surface area contributed by atoms with Crippen LogP contribution in [0, 0.1) is 11.2 Å². The molecule has 0 bridgehead atoms. The first-order chi connectivity index (χ1) is 13.2. The molecule has 0 saturated heterocycles. The molecule has 148 valence electrons. The van der Waals surface area contributed by atoms with Gasteiger partial charge in [0.15, 0.2) is 0 Å². The fraction of sp³-hybridized carbons (Fsp3) is 0.348. The maximum Gasteiger partial charge on any atom is 0.240 e. The molecular formula is C23H26ClFN2O. The summed E-state index contributed by atoms with van der Waals surface area (Å²) in [5.41, 5.74) is 8.32. The molecule has 0 radical (unpaired) electrons. The minimum atomic E-state index is -0.608. The summed E-state index contributed by atoms with van der Waals surface area (Å²) in [7, 11) is 0. The van der Waals surface area contributed by atoms with Gasteiger partial charge in [0, 0.05) is 17.1 Å². The van der Waals surface area contributed by atoms with Gasteiger partial charge >= 0.3 is 0 Å². The third-order valence-electron chi connectivity index (χ3n) is 4.88. The predicted octanol–water partition coefficient (Wildman–Crippen LogP) is 5.21. The maximum absolute atomic E-state index is 14.4. The zero-order valence-corrected chi connectivity index (χ0v) is 17.2. The molecule has 2 atom stereocenters. The second kappa shape index (κ2) is 8.06. The lowest BCUT2D eigenvalue weighted by Crippen LogP contribution is -2.45. The summed E-state index contributed by atoms with van der Waals surface area (Å²) in [6, 6.07) is 13.3. The normalized spacial score (nSPS) is 18.1. The Bertz CT molecular complexity index is 889. The van der Waals surface area contributed by atoms with Gasteiger partial charge in [-0.3, -0.25) is 4.79 Å². The Hall–Kier alpha value is -2.17. The lowest BCUT2D eigenvalue weighted by molar-refractivity contribution is -0.133. The van der Waals surface area contributed by atoms with Crippen molar-refractivity contribution in [2.24, 2.45) is 11.1 Å². The van der Waals surface area contributed by atoms with E-state index in [2.05, 4.69) is 20.8 Å². The van der Waals surface area contributed by atoms with Crippen LogP contribution in [0.1, 0.15) is 44.4 Å². The van der Waals surface area contributed by atoms with Crippen LogP contribution in [0.25, 0.3) is 5.57 Å². The first-order valence-corrected chi connectivity index (χ1v) is 9.80. The summed E-state index contributed by atoms with van der Waals surface area (Å²) in [5, 5.41) is 0.461. The molecule has 5 heteroatoms. The van der Waals surface area contributed by atoms with Crippen molar-refractivity contribution in [3.8, 4) is 0 Å². The molecule has 2 aromatic rings. The molecular weight excluding hydrogens is 375 g/mol. The van der Waals surface area contributed by atoms with Gasteiger partial charge in [-0.2, -0.15) is 0 Å². The van der Waals surface area contributed by atoms with E-state index in [0.29, 0.717) is 23.6 Å². The van der Waals surface area contributed by atoms with Crippen LogP contribution in [0.2, 0.25) is 5.02 Å². The zero-order chi connectivity index (χ0) is 20.5. The summed E-state index contributed by atoms with van der Waals surface area (Å²) in [5.74, 6) is -0.479. The molecule has 0 spiro atoms. The SMILES string of the molecule is CC(C)(C)CC(N)C(=O)N1CC(c2cc(Cl)ccc2F)=CC1c1ccccc1. The fourth-order valence-electron chi connectivity index (χ4n) is 3.64. The summed E-state index contributed by atoms with van der Waals surface area (Å²) < 4.78 is 14.4. The van der Waals surface area contributed by atoms with E-state index in [-0.39, 0.29) is 23.2 Å². The second-order valence-corrected chi connectivity index (χ2v) is 8.95. The summed E-state index contributed by atoms with van der Waals surface area (Å²) in [6.45, 7) is 6.48. The number of hydrogen-bond donors (Lipinski definition) is 1. The highest BCUT2D eigenvalue weighted by Gasteiger charge is 2.35. The highest BCUT2D eigenvalue weighted by molar-refractivity contribution is 6.30. The topological polar surface area (TPSA) is 46.3 Å². The molecule has 28 heavy (non-hydrogen) atoms. The molecule has 1 amide bonds. The van der Waals surface area contributed by atoms with Crippen molar-refractivity contribution < 1.29 is 9.18 Å². The van der Waals surface area contributed by atoms with Gasteiger partial charge in [0.25, 0.3) is 0 Å². The number of nitrogens with two attached hydrogens (primary N) is 1. The van der Waals surface area contributed by atoms with Gasteiger partial charge < -0.3 is 10.6 Å². The number of halogens is 2. The Morgan fingerprint density at radius 3 is 2.57 bits per heavy atom. The van der Waals surface area contributed by atoms with Crippen molar-refractivity contribution in [1.82, 2.24) is 4.90 Å². The predicted molar refractivity (Wildman–Crippen MR) is 112 cm³/mol. The van der Waals surface area contributed by atoms with Crippen LogP contribution >= 0.6 is 11.6 Å². The van der Waals surface area contributed by atoms with E-state index in [9.17, 15) is 9.18 Å². The fourth-order valence-corrected chi connectivity index (χ4v) is 3.81. The third kappa shape index (κ3) is 4.62. The minimum absolute atomic E-state index is 0.0631. The number of carbonyl (C=O) groups is 1. The Balaban J connectivity index is 1.96. The molecule has 1 aliphatic heterocycles. The van der Waals surface area contributed by atoms with Gasteiger partial charge in [-0.15, -0.1) is 0 Å². The Kier molecular flexibility index (Phi) is 5.92. The van der Waals surface area contributed by atoms with Gasteiger partial charge in [0.2, 0.25) is 5.91 Å². The van der Waals surface area contributed by atoms with Crippen LogP contribution in [0.5, 0.6) is 0 Å². The van der Waals surface area contributed by atoms with Crippen LogP contribution in [0.15, 0.2) is 54.6 Å². The molecule has 0 saturated carbocycles. The van der Waals surface area contributed by atoms with Crippen molar-refractivity contribution in [3.63, 3.8) is 0 Å². The molecule has 2 unspecified atom stereocenters. The number of hydrogen-bond acceptors (Lipinski definition) is 2. The van der Waals surface area contributed by atoms with Crippen LogP contribution in [-0.2, 0) is 4.79 Å². The van der Waals surface area contributed by atoms with Crippen LogP contribution < -0.4 is 5.73 Å².